The van der Waals surface area contributed by atoms with Gasteiger partial charge in [0.25, 0.3) is 0 Å². The summed E-state index contributed by atoms with van der Waals surface area (Å²) in [4.78, 5) is 12.8. The lowest BCUT2D eigenvalue weighted by Gasteiger charge is -2.24. The monoisotopic (exact) mass is 279 g/mol. The Morgan fingerprint density at radius 3 is 2.50 bits per heavy atom. The lowest BCUT2D eigenvalue weighted by atomic mass is 10.2. The van der Waals surface area contributed by atoms with Gasteiger partial charge in [0, 0.05) is 25.4 Å². The molecule has 0 aromatic heterocycles. The maximum absolute atomic E-state index is 10.7. The Kier molecular flexibility index (Phi) is 7.73. The molecule has 20 heavy (non-hydrogen) atoms. The molecule has 0 saturated carbocycles. The second kappa shape index (κ2) is 9.37. The molecule has 1 aromatic rings. The van der Waals surface area contributed by atoms with Crippen molar-refractivity contribution in [1.82, 2.24) is 0 Å². The van der Waals surface area contributed by atoms with E-state index in [1.54, 1.807) is 0 Å². The van der Waals surface area contributed by atoms with Crippen LogP contribution >= 0.6 is 0 Å². The molecule has 0 saturated heterocycles. The van der Waals surface area contributed by atoms with Crippen molar-refractivity contribution in [2.75, 3.05) is 31.2 Å². The van der Waals surface area contributed by atoms with Crippen LogP contribution in [0.4, 0.5) is 5.69 Å². The summed E-state index contributed by atoms with van der Waals surface area (Å²) in [5.41, 5.74) is 2.25. The van der Waals surface area contributed by atoms with Gasteiger partial charge in [-0.1, -0.05) is 31.0 Å². The quantitative estimate of drug-likeness (QED) is 0.669. The zero-order chi connectivity index (χ0) is 14.8. The Morgan fingerprint density at radius 2 is 1.90 bits per heavy atom. The number of carboxylic acid groups (broad SMARTS) is 1. The van der Waals surface area contributed by atoms with E-state index in [9.17, 15) is 4.79 Å². The number of rotatable bonds is 10. The van der Waals surface area contributed by atoms with Crippen LogP contribution in [-0.2, 0) is 9.53 Å². The van der Waals surface area contributed by atoms with Crippen molar-refractivity contribution in [2.24, 2.45) is 0 Å². The second-order valence-corrected chi connectivity index (χ2v) is 4.93. The van der Waals surface area contributed by atoms with Crippen molar-refractivity contribution >= 4 is 11.7 Å². The number of hydrogen-bond donors (Lipinski definition) is 1. The molecule has 0 amide bonds. The predicted octanol–water partition coefficient (Wildman–Crippen LogP) is 3.09. The number of benzene rings is 1. The third kappa shape index (κ3) is 6.57. The van der Waals surface area contributed by atoms with E-state index in [2.05, 4.69) is 11.8 Å². The minimum absolute atomic E-state index is 0.142. The number of ether oxygens (including phenoxy) is 1. The maximum Gasteiger partial charge on any atom is 0.305 e. The maximum atomic E-state index is 10.7. The number of carboxylic acids is 1. The molecule has 1 N–H and O–H groups in total. The molecule has 112 valence electrons. The van der Waals surface area contributed by atoms with E-state index in [0.29, 0.717) is 13.2 Å². The average Bonchev–Trinajstić information content (AvgIpc) is 2.43. The van der Waals surface area contributed by atoms with Gasteiger partial charge in [0.15, 0.2) is 0 Å². The van der Waals surface area contributed by atoms with Crippen molar-refractivity contribution in [1.29, 1.82) is 0 Å². The molecule has 4 nitrogen and oxygen atoms in total. The minimum Gasteiger partial charge on any atom is -0.481 e. The van der Waals surface area contributed by atoms with Gasteiger partial charge in [-0.15, -0.1) is 0 Å². The Morgan fingerprint density at radius 1 is 1.20 bits per heavy atom. The van der Waals surface area contributed by atoms with Gasteiger partial charge in [-0.25, -0.2) is 0 Å². The molecule has 0 radical (unpaired) electrons. The first kappa shape index (κ1) is 16.5. The van der Waals surface area contributed by atoms with Crippen molar-refractivity contribution in [2.45, 2.75) is 33.1 Å². The molecule has 0 atom stereocenters. The first-order valence-corrected chi connectivity index (χ1v) is 7.24. The highest BCUT2D eigenvalue weighted by molar-refractivity contribution is 5.67. The number of aryl methyl sites for hydroxylation is 1. The number of anilines is 1. The van der Waals surface area contributed by atoms with E-state index in [4.69, 9.17) is 9.84 Å². The van der Waals surface area contributed by atoms with Gasteiger partial charge in [0.05, 0.1) is 13.0 Å². The normalized spacial score (nSPS) is 10.5. The van der Waals surface area contributed by atoms with E-state index < -0.39 is 5.97 Å². The van der Waals surface area contributed by atoms with Gasteiger partial charge < -0.3 is 14.7 Å². The van der Waals surface area contributed by atoms with Gasteiger partial charge in [-0.3, -0.25) is 4.79 Å². The number of unbranched alkanes of at least 4 members (excludes halogenated alkanes) is 1. The summed E-state index contributed by atoms with van der Waals surface area (Å²) in [7, 11) is 0. The fourth-order valence-electron chi connectivity index (χ4n) is 1.88. The van der Waals surface area contributed by atoms with Gasteiger partial charge in [-0.2, -0.15) is 0 Å². The standard InChI is InChI=1S/C16H25NO3/c1-3-4-12-20-13-11-17(10-9-16(18)19)15-7-5-14(2)6-8-15/h5-8H,3-4,9-13H2,1-2H3,(H,18,19). The predicted molar refractivity (Wildman–Crippen MR) is 81.4 cm³/mol. The zero-order valence-corrected chi connectivity index (χ0v) is 12.5. The van der Waals surface area contributed by atoms with Gasteiger partial charge >= 0.3 is 5.97 Å². The molecule has 0 aliphatic rings. The Labute approximate surface area is 121 Å². The van der Waals surface area contributed by atoms with Crippen LogP contribution in [0.2, 0.25) is 0 Å². The SMILES string of the molecule is CCCCOCCN(CCC(=O)O)c1ccc(C)cc1. The van der Waals surface area contributed by atoms with Crippen LogP contribution in [0.15, 0.2) is 24.3 Å². The topological polar surface area (TPSA) is 49.8 Å². The van der Waals surface area contributed by atoms with E-state index in [0.717, 1.165) is 31.7 Å². The number of carbonyl (C=O) groups is 1. The lowest BCUT2D eigenvalue weighted by molar-refractivity contribution is -0.136. The molecule has 0 aliphatic heterocycles. The van der Waals surface area contributed by atoms with E-state index in [1.807, 2.05) is 31.2 Å². The largest absolute Gasteiger partial charge is 0.481 e. The Hall–Kier alpha value is -1.55. The fourth-order valence-corrected chi connectivity index (χ4v) is 1.88. The summed E-state index contributed by atoms with van der Waals surface area (Å²) in [5, 5.41) is 8.84. The molecule has 0 bridgehead atoms. The molecular weight excluding hydrogens is 254 g/mol. The minimum atomic E-state index is -0.769. The van der Waals surface area contributed by atoms with Crippen LogP contribution in [0.25, 0.3) is 0 Å². The summed E-state index contributed by atoms with van der Waals surface area (Å²) >= 11 is 0. The van der Waals surface area contributed by atoms with Crippen LogP contribution in [-0.4, -0.2) is 37.4 Å². The number of nitrogens with zero attached hydrogens (tertiary/aromatic N) is 1. The highest BCUT2D eigenvalue weighted by Crippen LogP contribution is 2.15. The Bertz CT molecular complexity index is 389. The third-order valence-electron chi connectivity index (χ3n) is 3.14. The highest BCUT2D eigenvalue weighted by atomic mass is 16.5. The van der Waals surface area contributed by atoms with Crippen molar-refractivity contribution < 1.29 is 14.6 Å². The van der Waals surface area contributed by atoms with Crippen LogP contribution in [0, 0.1) is 6.92 Å². The molecule has 0 fully saturated rings. The van der Waals surface area contributed by atoms with Crippen LogP contribution < -0.4 is 4.90 Å². The first-order chi connectivity index (χ1) is 9.63. The molecule has 0 unspecified atom stereocenters. The Balaban J connectivity index is 2.51. The number of hydrogen-bond acceptors (Lipinski definition) is 3. The molecule has 0 aliphatic carbocycles. The van der Waals surface area contributed by atoms with Gasteiger partial charge in [0.2, 0.25) is 0 Å². The molecule has 4 heteroatoms. The first-order valence-electron chi connectivity index (χ1n) is 7.24. The van der Waals surface area contributed by atoms with Crippen molar-refractivity contribution in [3.8, 4) is 0 Å². The smallest absolute Gasteiger partial charge is 0.305 e. The van der Waals surface area contributed by atoms with Gasteiger partial charge in [-0.05, 0) is 25.5 Å². The van der Waals surface area contributed by atoms with E-state index in [1.165, 1.54) is 5.56 Å². The van der Waals surface area contributed by atoms with E-state index >= 15 is 0 Å². The summed E-state index contributed by atoms with van der Waals surface area (Å²) in [5.74, 6) is -0.769. The molecule has 1 rings (SSSR count). The molecule has 1 aromatic carbocycles. The number of aliphatic carboxylic acids is 1. The summed E-state index contributed by atoms with van der Waals surface area (Å²) in [6, 6.07) is 8.15. The van der Waals surface area contributed by atoms with Crippen LogP contribution in [0.1, 0.15) is 31.7 Å². The molecule has 0 heterocycles. The zero-order valence-electron chi connectivity index (χ0n) is 12.5. The van der Waals surface area contributed by atoms with Crippen LogP contribution in [0.3, 0.4) is 0 Å². The van der Waals surface area contributed by atoms with Gasteiger partial charge in [0.1, 0.15) is 0 Å². The molecular formula is C16H25NO3. The van der Waals surface area contributed by atoms with Crippen molar-refractivity contribution in [3.63, 3.8) is 0 Å². The third-order valence-corrected chi connectivity index (χ3v) is 3.14. The summed E-state index contributed by atoms with van der Waals surface area (Å²) in [6.45, 7) is 6.81. The molecule has 0 spiro atoms. The summed E-state index contributed by atoms with van der Waals surface area (Å²) in [6.07, 6.45) is 2.34. The van der Waals surface area contributed by atoms with Crippen LogP contribution in [0.5, 0.6) is 0 Å². The summed E-state index contributed by atoms with van der Waals surface area (Å²) < 4.78 is 5.57. The fraction of sp³-hybridized carbons (Fsp3) is 0.562. The average molecular weight is 279 g/mol. The van der Waals surface area contributed by atoms with E-state index in [-0.39, 0.29) is 6.42 Å². The highest BCUT2D eigenvalue weighted by Gasteiger charge is 2.08. The van der Waals surface area contributed by atoms with Crippen molar-refractivity contribution in [3.05, 3.63) is 29.8 Å². The second-order valence-electron chi connectivity index (χ2n) is 4.93. The lowest BCUT2D eigenvalue weighted by Crippen LogP contribution is -2.30.